The Labute approximate surface area is 165 Å². The van der Waals surface area contributed by atoms with Crippen molar-refractivity contribution in [2.45, 2.75) is 19.6 Å². The number of nitrogens with zero attached hydrogens (tertiary/aromatic N) is 2. The van der Waals surface area contributed by atoms with E-state index in [2.05, 4.69) is 89.6 Å². The van der Waals surface area contributed by atoms with Crippen LogP contribution in [0.1, 0.15) is 22.9 Å². The number of hydrogen-bond acceptors (Lipinski definition) is 3. The van der Waals surface area contributed by atoms with Gasteiger partial charge in [-0.15, -0.1) is 0 Å². The Morgan fingerprint density at radius 1 is 0.893 bits per heavy atom. The molecule has 138 valence electrons. The second-order valence-corrected chi connectivity index (χ2v) is 7.24. The van der Waals surface area contributed by atoms with E-state index in [0.29, 0.717) is 0 Å². The van der Waals surface area contributed by atoms with Crippen molar-refractivity contribution in [2.24, 2.45) is 0 Å². The van der Waals surface area contributed by atoms with E-state index < -0.39 is 0 Å². The first-order valence-electron chi connectivity index (χ1n) is 9.72. The number of benzene rings is 3. The van der Waals surface area contributed by atoms with Gasteiger partial charge in [-0.2, -0.15) is 0 Å². The van der Waals surface area contributed by atoms with Crippen molar-refractivity contribution in [3.63, 3.8) is 0 Å². The lowest BCUT2D eigenvalue weighted by Crippen LogP contribution is -2.36. The van der Waals surface area contributed by atoms with Crippen LogP contribution in [0.4, 0.5) is 5.69 Å². The number of aryl methyl sites for hydroxylation is 1. The zero-order valence-electron chi connectivity index (χ0n) is 15.9. The highest BCUT2D eigenvalue weighted by Crippen LogP contribution is 2.44. The lowest BCUT2D eigenvalue weighted by Gasteiger charge is -2.39. The van der Waals surface area contributed by atoms with Crippen LogP contribution in [0.15, 0.2) is 85.1 Å². The van der Waals surface area contributed by atoms with Crippen molar-refractivity contribution in [3.05, 3.63) is 102 Å². The third-order valence-corrected chi connectivity index (χ3v) is 5.43. The molecular weight excluding hydrogens is 344 g/mol. The lowest BCUT2D eigenvalue weighted by atomic mass is 10.0. The monoisotopic (exact) mass is 366 g/mol. The van der Waals surface area contributed by atoms with Crippen LogP contribution in [0.2, 0.25) is 0 Å². The van der Waals surface area contributed by atoms with Crippen molar-refractivity contribution in [3.8, 4) is 5.75 Å². The number of rotatable bonds is 4. The van der Waals surface area contributed by atoms with E-state index >= 15 is 0 Å². The SMILES string of the molecule is Cc1ccc2c3c(ccnc13)N(CCc1ccccc1)C(c1ccccc1)O2. The van der Waals surface area contributed by atoms with Crippen molar-refractivity contribution in [2.75, 3.05) is 11.4 Å². The van der Waals surface area contributed by atoms with Gasteiger partial charge in [-0.3, -0.25) is 4.98 Å². The molecule has 1 aliphatic rings. The van der Waals surface area contributed by atoms with Gasteiger partial charge in [-0.25, -0.2) is 0 Å². The Hall–Kier alpha value is -3.33. The molecule has 4 aromatic rings. The first-order chi connectivity index (χ1) is 13.8. The van der Waals surface area contributed by atoms with Gasteiger partial charge in [0.15, 0.2) is 6.23 Å². The Balaban J connectivity index is 1.61. The molecule has 0 spiro atoms. The third kappa shape index (κ3) is 2.89. The van der Waals surface area contributed by atoms with Gasteiger partial charge in [0.05, 0.1) is 16.6 Å². The van der Waals surface area contributed by atoms with Crippen molar-refractivity contribution < 1.29 is 4.74 Å². The third-order valence-electron chi connectivity index (χ3n) is 5.43. The zero-order valence-corrected chi connectivity index (χ0v) is 15.9. The highest BCUT2D eigenvalue weighted by molar-refractivity contribution is 5.99. The van der Waals surface area contributed by atoms with Crippen molar-refractivity contribution in [1.29, 1.82) is 0 Å². The van der Waals surface area contributed by atoms with Gasteiger partial charge in [0, 0.05) is 18.3 Å². The molecule has 0 bridgehead atoms. The van der Waals surface area contributed by atoms with Gasteiger partial charge in [0.1, 0.15) is 5.75 Å². The molecule has 3 aromatic carbocycles. The molecule has 2 heterocycles. The summed E-state index contributed by atoms with van der Waals surface area (Å²) >= 11 is 0. The van der Waals surface area contributed by atoms with Gasteiger partial charge >= 0.3 is 0 Å². The first-order valence-corrected chi connectivity index (χ1v) is 9.72. The molecule has 1 atom stereocenters. The number of pyridine rings is 1. The molecule has 0 N–H and O–H groups in total. The molecule has 0 radical (unpaired) electrons. The molecule has 1 aliphatic heterocycles. The van der Waals surface area contributed by atoms with Gasteiger partial charge in [0.2, 0.25) is 0 Å². The average Bonchev–Trinajstić information content (AvgIpc) is 2.76. The van der Waals surface area contributed by atoms with Crippen LogP contribution >= 0.6 is 0 Å². The standard InChI is InChI=1S/C25H22N2O/c1-18-12-13-22-23-21(14-16-26-24(18)23)27(17-15-19-8-4-2-5-9-19)25(28-22)20-10-6-3-7-11-20/h2-14,16,25H,15,17H2,1H3. The maximum absolute atomic E-state index is 6.53. The molecular formula is C25H22N2O. The molecule has 3 heteroatoms. The number of aromatic nitrogens is 1. The fourth-order valence-corrected chi connectivity index (χ4v) is 4.00. The second kappa shape index (κ2) is 7.01. The van der Waals surface area contributed by atoms with E-state index in [1.165, 1.54) is 16.8 Å². The molecule has 0 saturated carbocycles. The molecule has 28 heavy (non-hydrogen) atoms. The maximum atomic E-state index is 6.53. The highest BCUT2D eigenvalue weighted by Gasteiger charge is 2.30. The summed E-state index contributed by atoms with van der Waals surface area (Å²) in [4.78, 5) is 7.00. The van der Waals surface area contributed by atoms with Crippen molar-refractivity contribution >= 4 is 16.6 Å². The van der Waals surface area contributed by atoms with Crippen molar-refractivity contribution in [1.82, 2.24) is 4.98 Å². The van der Waals surface area contributed by atoms with Crippen LogP contribution in [-0.4, -0.2) is 11.5 Å². The zero-order chi connectivity index (χ0) is 18.9. The summed E-state index contributed by atoms with van der Waals surface area (Å²) in [5.41, 5.74) is 5.87. The van der Waals surface area contributed by atoms with Gasteiger partial charge in [0.25, 0.3) is 0 Å². The summed E-state index contributed by atoms with van der Waals surface area (Å²) in [6, 6.07) is 27.4. The number of anilines is 1. The molecule has 0 fully saturated rings. The van der Waals surface area contributed by atoms with E-state index in [1.54, 1.807) is 0 Å². The number of hydrogen-bond donors (Lipinski definition) is 0. The van der Waals surface area contributed by atoms with Crippen LogP contribution in [0, 0.1) is 6.92 Å². The second-order valence-electron chi connectivity index (χ2n) is 7.24. The minimum Gasteiger partial charge on any atom is -0.465 e. The van der Waals surface area contributed by atoms with Crippen LogP contribution < -0.4 is 9.64 Å². The maximum Gasteiger partial charge on any atom is 0.198 e. The predicted octanol–water partition coefficient (Wildman–Crippen LogP) is 5.68. The minimum absolute atomic E-state index is 0.147. The predicted molar refractivity (Wildman–Crippen MR) is 114 cm³/mol. The van der Waals surface area contributed by atoms with E-state index in [-0.39, 0.29) is 6.23 Å². The highest BCUT2D eigenvalue weighted by atomic mass is 16.5. The fraction of sp³-hybridized carbons (Fsp3) is 0.160. The summed E-state index contributed by atoms with van der Waals surface area (Å²) in [6.07, 6.45) is 2.72. The fourth-order valence-electron chi connectivity index (χ4n) is 4.00. The Bertz CT molecular complexity index is 1110. The summed E-state index contributed by atoms with van der Waals surface area (Å²) < 4.78 is 6.53. The molecule has 5 rings (SSSR count). The van der Waals surface area contributed by atoms with Crippen LogP contribution in [0.5, 0.6) is 5.75 Å². The van der Waals surface area contributed by atoms with Crippen LogP contribution in [0.25, 0.3) is 10.9 Å². The number of ether oxygens (including phenoxy) is 1. The first kappa shape index (κ1) is 16.8. The van der Waals surface area contributed by atoms with Crippen LogP contribution in [0.3, 0.4) is 0 Å². The molecule has 3 nitrogen and oxygen atoms in total. The minimum atomic E-state index is -0.147. The molecule has 0 amide bonds. The summed E-state index contributed by atoms with van der Waals surface area (Å²) in [7, 11) is 0. The molecule has 0 aliphatic carbocycles. The summed E-state index contributed by atoms with van der Waals surface area (Å²) in [5, 5.41) is 1.11. The van der Waals surface area contributed by atoms with E-state index in [0.717, 1.165) is 35.2 Å². The summed E-state index contributed by atoms with van der Waals surface area (Å²) in [6.45, 7) is 2.98. The average molecular weight is 366 g/mol. The van der Waals surface area contributed by atoms with E-state index in [4.69, 9.17) is 4.74 Å². The van der Waals surface area contributed by atoms with E-state index in [1.807, 2.05) is 12.3 Å². The van der Waals surface area contributed by atoms with Gasteiger partial charge < -0.3 is 9.64 Å². The Morgan fingerprint density at radius 2 is 1.64 bits per heavy atom. The molecule has 1 unspecified atom stereocenters. The smallest absolute Gasteiger partial charge is 0.198 e. The van der Waals surface area contributed by atoms with E-state index in [9.17, 15) is 0 Å². The largest absolute Gasteiger partial charge is 0.465 e. The molecule has 0 saturated heterocycles. The van der Waals surface area contributed by atoms with Crippen LogP contribution in [-0.2, 0) is 6.42 Å². The summed E-state index contributed by atoms with van der Waals surface area (Å²) in [5.74, 6) is 0.911. The Kier molecular flexibility index (Phi) is 4.21. The quantitative estimate of drug-likeness (QED) is 0.464. The molecule has 1 aromatic heterocycles. The van der Waals surface area contributed by atoms with Gasteiger partial charge in [-0.1, -0.05) is 66.7 Å². The Morgan fingerprint density at radius 3 is 2.43 bits per heavy atom. The topological polar surface area (TPSA) is 25.4 Å². The normalized spacial score (nSPS) is 15.5. The van der Waals surface area contributed by atoms with Gasteiger partial charge in [-0.05, 0) is 36.6 Å². The lowest BCUT2D eigenvalue weighted by molar-refractivity contribution is 0.196.